The Kier molecular flexibility index (Phi) is 5.17. The first-order valence-corrected chi connectivity index (χ1v) is 6.64. The van der Waals surface area contributed by atoms with Crippen molar-refractivity contribution in [2.45, 2.75) is 24.9 Å². The van der Waals surface area contributed by atoms with E-state index in [9.17, 15) is 14.7 Å². The molecule has 1 fully saturated rings. The summed E-state index contributed by atoms with van der Waals surface area (Å²) in [5.74, 6) is 0.0321. The number of aliphatic hydroxyl groups excluding tert-OH is 1. The number of nitrogens with two attached hydrogens (primary N) is 1. The summed E-state index contributed by atoms with van der Waals surface area (Å²) in [6.07, 6.45) is -1.61. The molecule has 0 radical (unpaired) electrons. The third kappa shape index (κ3) is 3.86. The Bertz CT molecular complexity index is 482. The van der Waals surface area contributed by atoms with Crippen molar-refractivity contribution in [3.63, 3.8) is 0 Å². The molecule has 10 nitrogen and oxygen atoms in total. The number of ether oxygens (including phenoxy) is 3. The first-order valence-electron chi connectivity index (χ1n) is 6.64. The monoisotopic (exact) mass is 314 g/mol. The average Bonchev–Trinajstić information content (AvgIpc) is 2.83. The van der Waals surface area contributed by atoms with Crippen LogP contribution in [0.15, 0.2) is 17.6 Å². The van der Waals surface area contributed by atoms with Gasteiger partial charge in [0.05, 0.1) is 12.8 Å². The van der Waals surface area contributed by atoms with Crippen LogP contribution < -0.4 is 11.1 Å². The van der Waals surface area contributed by atoms with Gasteiger partial charge in [0, 0.05) is 6.42 Å². The van der Waals surface area contributed by atoms with Crippen molar-refractivity contribution in [2.24, 2.45) is 10.7 Å². The number of hydrogen-bond donors (Lipinski definition) is 3. The molecule has 122 valence electrons. The van der Waals surface area contributed by atoms with E-state index in [1.807, 2.05) is 0 Å². The molecule has 0 aromatic rings. The van der Waals surface area contributed by atoms with Crippen molar-refractivity contribution in [1.82, 2.24) is 10.2 Å². The average molecular weight is 314 g/mol. The number of amides is 2. The molecule has 2 heterocycles. The lowest BCUT2D eigenvalue weighted by Gasteiger charge is -2.29. The number of carbonyl (C=O) groups excluding carboxylic acids is 2. The summed E-state index contributed by atoms with van der Waals surface area (Å²) in [5.41, 5.74) is 5.38. The smallest absolute Gasteiger partial charge is 0.431 e. The fourth-order valence-electron chi connectivity index (χ4n) is 2.04. The second-order valence-corrected chi connectivity index (χ2v) is 4.68. The molecule has 0 unspecified atom stereocenters. The van der Waals surface area contributed by atoms with Crippen LogP contribution in [0.3, 0.4) is 0 Å². The summed E-state index contributed by atoms with van der Waals surface area (Å²) >= 11 is 0. The molecule has 22 heavy (non-hydrogen) atoms. The van der Waals surface area contributed by atoms with Crippen molar-refractivity contribution >= 4 is 18.1 Å². The van der Waals surface area contributed by atoms with Crippen LogP contribution in [0, 0.1) is 0 Å². The van der Waals surface area contributed by atoms with Crippen molar-refractivity contribution in [3.05, 3.63) is 12.7 Å². The minimum Gasteiger partial charge on any atom is -0.431 e. The van der Waals surface area contributed by atoms with E-state index in [0.29, 0.717) is 0 Å². The lowest BCUT2D eigenvalue weighted by molar-refractivity contribution is -0.0727. The van der Waals surface area contributed by atoms with Crippen LogP contribution in [0.2, 0.25) is 0 Å². The van der Waals surface area contributed by atoms with Crippen LogP contribution in [0.1, 0.15) is 6.42 Å². The molecule has 3 atom stereocenters. The molecule has 2 aliphatic heterocycles. The van der Waals surface area contributed by atoms with Crippen LogP contribution in [0.5, 0.6) is 0 Å². The van der Waals surface area contributed by atoms with Crippen molar-refractivity contribution in [1.29, 1.82) is 0 Å². The number of aliphatic hydroxyl groups is 1. The van der Waals surface area contributed by atoms with Gasteiger partial charge in [-0.15, -0.1) is 0 Å². The van der Waals surface area contributed by atoms with Crippen LogP contribution in [-0.2, 0) is 14.2 Å². The number of rotatable bonds is 5. The van der Waals surface area contributed by atoms with E-state index >= 15 is 0 Å². The van der Waals surface area contributed by atoms with Gasteiger partial charge in [-0.1, -0.05) is 12.7 Å². The molecule has 2 amide bonds. The SMILES string of the molecule is C=CCOC(=O)OC[C@H]1O[C@@H](N2CNC(N)=NC2=O)C[C@@H]1O. The Morgan fingerprint density at radius 3 is 3.09 bits per heavy atom. The Morgan fingerprint density at radius 1 is 1.64 bits per heavy atom. The van der Waals surface area contributed by atoms with Crippen LogP contribution in [0.25, 0.3) is 0 Å². The highest BCUT2D eigenvalue weighted by Crippen LogP contribution is 2.24. The Balaban J connectivity index is 1.83. The van der Waals surface area contributed by atoms with Gasteiger partial charge in [-0.25, -0.2) is 9.59 Å². The predicted octanol–water partition coefficient (Wildman–Crippen LogP) is -0.901. The van der Waals surface area contributed by atoms with E-state index < -0.39 is 30.6 Å². The van der Waals surface area contributed by atoms with Crippen molar-refractivity contribution in [2.75, 3.05) is 19.9 Å². The first-order chi connectivity index (χ1) is 10.5. The number of guanidine groups is 1. The molecule has 1 saturated heterocycles. The fraction of sp³-hybridized carbons (Fsp3) is 0.583. The van der Waals surface area contributed by atoms with Crippen LogP contribution in [0.4, 0.5) is 9.59 Å². The molecule has 0 aromatic heterocycles. The molecule has 0 spiro atoms. The molecule has 0 aliphatic carbocycles. The lowest BCUT2D eigenvalue weighted by Crippen LogP contribution is -2.52. The second kappa shape index (κ2) is 7.09. The van der Waals surface area contributed by atoms with E-state index in [0.717, 1.165) is 0 Å². The summed E-state index contributed by atoms with van der Waals surface area (Å²) in [6, 6.07) is -0.555. The highest BCUT2D eigenvalue weighted by molar-refractivity contribution is 5.93. The molecular weight excluding hydrogens is 296 g/mol. The number of aliphatic imine (C=N–C) groups is 1. The van der Waals surface area contributed by atoms with E-state index in [2.05, 4.69) is 21.6 Å². The summed E-state index contributed by atoms with van der Waals surface area (Å²) in [7, 11) is 0. The quantitative estimate of drug-likeness (QED) is 0.439. The van der Waals surface area contributed by atoms with Gasteiger partial charge >= 0.3 is 12.2 Å². The first kappa shape index (κ1) is 16.0. The van der Waals surface area contributed by atoms with Gasteiger partial charge in [-0.2, -0.15) is 4.99 Å². The molecule has 4 N–H and O–H groups in total. The lowest BCUT2D eigenvalue weighted by atomic mass is 10.2. The Hall–Kier alpha value is -2.33. The van der Waals surface area contributed by atoms with Crippen LogP contribution in [-0.4, -0.2) is 66.5 Å². The van der Waals surface area contributed by atoms with Crippen molar-refractivity contribution in [3.8, 4) is 0 Å². The van der Waals surface area contributed by atoms with E-state index in [4.69, 9.17) is 15.2 Å². The van der Waals surface area contributed by atoms with Crippen LogP contribution >= 0.6 is 0 Å². The van der Waals surface area contributed by atoms with Gasteiger partial charge in [-0.3, -0.25) is 4.90 Å². The van der Waals surface area contributed by atoms with Gasteiger partial charge in [0.1, 0.15) is 25.5 Å². The maximum absolute atomic E-state index is 11.7. The third-order valence-electron chi connectivity index (χ3n) is 3.13. The summed E-state index contributed by atoms with van der Waals surface area (Å²) in [5, 5.41) is 12.6. The molecule has 0 saturated carbocycles. The summed E-state index contributed by atoms with van der Waals surface area (Å²) in [4.78, 5) is 27.8. The summed E-state index contributed by atoms with van der Waals surface area (Å²) in [6.45, 7) is 3.37. The molecule has 2 rings (SSSR count). The van der Waals surface area contributed by atoms with Gasteiger partial charge in [0.25, 0.3) is 0 Å². The molecule has 2 aliphatic rings. The zero-order valence-electron chi connectivity index (χ0n) is 11.8. The number of hydrogen-bond acceptors (Lipinski definition) is 8. The maximum atomic E-state index is 11.7. The topological polar surface area (TPSA) is 136 Å². The number of nitrogens with one attached hydrogen (secondary N) is 1. The van der Waals surface area contributed by atoms with E-state index in [1.54, 1.807) is 0 Å². The van der Waals surface area contributed by atoms with Gasteiger partial charge in [-0.05, 0) is 0 Å². The minimum absolute atomic E-state index is 0.0307. The predicted molar refractivity (Wildman–Crippen MR) is 73.6 cm³/mol. The van der Waals surface area contributed by atoms with Crippen molar-refractivity contribution < 1.29 is 28.9 Å². The molecule has 0 bridgehead atoms. The highest BCUT2D eigenvalue weighted by Gasteiger charge is 2.40. The zero-order valence-corrected chi connectivity index (χ0v) is 11.8. The van der Waals surface area contributed by atoms with Gasteiger partial charge < -0.3 is 30.4 Å². The molecule has 10 heteroatoms. The zero-order chi connectivity index (χ0) is 16.1. The number of urea groups is 1. The molecular formula is C12H18N4O6. The maximum Gasteiger partial charge on any atom is 0.508 e. The molecule has 0 aromatic carbocycles. The normalized spacial score (nSPS) is 27.9. The second-order valence-electron chi connectivity index (χ2n) is 4.68. The summed E-state index contributed by atoms with van der Waals surface area (Å²) < 4.78 is 15.0. The standard InChI is InChI=1S/C12H18N4O6/c1-2-3-20-12(19)21-5-8-7(17)4-9(22-8)16-6-14-10(13)15-11(16)18/h2,7-9,17H,1,3-6H2,(H3,13,14,15,18)/t7-,8+,9+/m0/s1. The Labute approximate surface area is 126 Å². The largest absolute Gasteiger partial charge is 0.508 e. The van der Waals surface area contributed by atoms with E-state index in [1.165, 1.54) is 11.0 Å². The highest BCUT2D eigenvalue weighted by atomic mass is 16.7. The minimum atomic E-state index is -0.882. The fourth-order valence-corrected chi connectivity index (χ4v) is 2.04. The van der Waals surface area contributed by atoms with E-state index in [-0.39, 0.29) is 32.3 Å². The Morgan fingerprint density at radius 2 is 2.41 bits per heavy atom. The number of nitrogens with zero attached hydrogens (tertiary/aromatic N) is 2. The van der Waals surface area contributed by atoms with Gasteiger partial charge in [0.15, 0.2) is 5.96 Å². The third-order valence-corrected chi connectivity index (χ3v) is 3.13. The van der Waals surface area contributed by atoms with Gasteiger partial charge in [0.2, 0.25) is 0 Å². The number of carbonyl (C=O) groups is 2.